The van der Waals surface area contributed by atoms with Crippen LogP contribution in [0.4, 0.5) is 13.2 Å². The van der Waals surface area contributed by atoms with Crippen LogP contribution in [0.2, 0.25) is 0 Å². The van der Waals surface area contributed by atoms with Crippen molar-refractivity contribution in [2.75, 3.05) is 7.11 Å². The van der Waals surface area contributed by atoms with Crippen LogP contribution in [0.25, 0.3) is 0 Å². The fourth-order valence-corrected chi connectivity index (χ4v) is 2.37. The molecule has 2 rings (SSSR count). The first-order valence-corrected chi connectivity index (χ1v) is 6.87. The number of ether oxygens (including phenoxy) is 1. The van der Waals surface area contributed by atoms with Gasteiger partial charge in [-0.25, -0.2) is 13.2 Å². The van der Waals surface area contributed by atoms with Crippen molar-refractivity contribution in [2.45, 2.75) is 12.5 Å². The summed E-state index contributed by atoms with van der Waals surface area (Å²) in [5.41, 5.74) is 0.0147. The Morgan fingerprint density at radius 2 is 1.76 bits per heavy atom. The first-order valence-electron chi connectivity index (χ1n) is 6.08. The van der Waals surface area contributed by atoms with Crippen LogP contribution < -0.4 is 4.74 Å². The van der Waals surface area contributed by atoms with Gasteiger partial charge in [-0.1, -0.05) is 6.07 Å². The molecule has 1 atom stereocenters. The second kappa shape index (κ2) is 6.49. The zero-order valence-electron chi connectivity index (χ0n) is 11.0. The Morgan fingerprint density at radius 3 is 2.33 bits per heavy atom. The molecule has 0 aliphatic carbocycles. The van der Waals surface area contributed by atoms with Crippen LogP contribution in [0.3, 0.4) is 0 Å². The van der Waals surface area contributed by atoms with Gasteiger partial charge in [0.05, 0.1) is 17.7 Å². The van der Waals surface area contributed by atoms with Crippen molar-refractivity contribution in [1.82, 2.24) is 0 Å². The van der Waals surface area contributed by atoms with Gasteiger partial charge in [0.25, 0.3) is 0 Å². The summed E-state index contributed by atoms with van der Waals surface area (Å²) in [5, 5.41) is 10.2. The zero-order valence-corrected chi connectivity index (χ0v) is 12.6. The van der Waals surface area contributed by atoms with Crippen molar-refractivity contribution in [2.24, 2.45) is 0 Å². The Kier molecular flexibility index (Phi) is 4.90. The van der Waals surface area contributed by atoms with Gasteiger partial charge in [0.1, 0.15) is 23.2 Å². The average Bonchev–Trinajstić information content (AvgIpc) is 2.45. The second-order valence-electron chi connectivity index (χ2n) is 4.43. The summed E-state index contributed by atoms with van der Waals surface area (Å²) in [6.45, 7) is 0. The highest BCUT2D eigenvalue weighted by Crippen LogP contribution is 2.33. The van der Waals surface area contributed by atoms with E-state index in [1.165, 1.54) is 19.2 Å². The lowest BCUT2D eigenvalue weighted by Crippen LogP contribution is -2.08. The van der Waals surface area contributed by atoms with Gasteiger partial charge in [-0.05, 0) is 34.1 Å². The molecule has 0 saturated heterocycles. The van der Waals surface area contributed by atoms with Crippen molar-refractivity contribution in [3.05, 3.63) is 63.4 Å². The highest BCUT2D eigenvalue weighted by Gasteiger charge is 2.20. The summed E-state index contributed by atoms with van der Waals surface area (Å²) in [6, 6.07) is 5.90. The quantitative estimate of drug-likeness (QED) is 0.887. The zero-order chi connectivity index (χ0) is 15.6. The number of hydrogen-bond donors (Lipinski definition) is 1. The third-order valence-electron chi connectivity index (χ3n) is 3.09. The maximum atomic E-state index is 13.6. The van der Waals surface area contributed by atoms with Crippen molar-refractivity contribution in [3.8, 4) is 5.75 Å². The van der Waals surface area contributed by atoms with Gasteiger partial charge >= 0.3 is 0 Å². The fourth-order valence-electron chi connectivity index (χ4n) is 2.01. The predicted octanol–water partition coefficient (Wildman–Crippen LogP) is 4.15. The normalized spacial score (nSPS) is 12.3. The lowest BCUT2D eigenvalue weighted by Gasteiger charge is -2.16. The van der Waals surface area contributed by atoms with E-state index in [1.54, 1.807) is 0 Å². The highest BCUT2D eigenvalue weighted by atomic mass is 79.9. The van der Waals surface area contributed by atoms with E-state index < -0.39 is 23.6 Å². The van der Waals surface area contributed by atoms with Crippen LogP contribution >= 0.6 is 15.9 Å². The van der Waals surface area contributed by atoms with Crippen molar-refractivity contribution in [1.29, 1.82) is 0 Å². The molecule has 0 aliphatic heterocycles. The Morgan fingerprint density at radius 1 is 1.14 bits per heavy atom. The number of aliphatic hydroxyl groups excluding tert-OH is 1. The summed E-state index contributed by atoms with van der Waals surface area (Å²) < 4.78 is 45.8. The first-order chi connectivity index (χ1) is 9.93. The average molecular weight is 361 g/mol. The smallest absolute Gasteiger partial charge is 0.141 e. The SMILES string of the molecule is COc1cc(F)c(Br)cc1C(O)Cc1c(F)cccc1F. The molecule has 2 aromatic carbocycles. The number of aliphatic hydroxyl groups is 1. The van der Waals surface area contributed by atoms with E-state index in [2.05, 4.69) is 15.9 Å². The van der Waals surface area contributed by atoms with Gasteiger partial charge in [0.2, 0.25) is 0 Å². The number of hydrogen-bond acceptors (Lipinski definition) is 2. The largest absolute Gasteiger partial charge is 0.496 e. The first kappa shape index (κ1) is 15.9. The van der Waals surface area contributed by atoms with Gasteiger partial charge in [-0.3, -0.25) is 0 Å². The van der Waals surface area contributed by atoms with E-state index in [1.807, 2.05) is 0 Å². The van der Waals surface area contributed by atoms with Gasteiger partial charge in [0.15, 0.2) is 0 Å². The number of halogens is 4. The van der Waals surface area contributed by atoms with Crippen molar-refractivity contribution < 1.29 is 23.0 Å². The Bertz CT molecular complexity index is 641. The number of rotatable bonds is 4. The lowest BCUT2D eigenvalue weighted by molar-refractivity contribution is 0.171. The molecule has 1 unspecified atom stereocenters. The van der Waals surface area contributed by atoms with Gasteiger partial charge < -0.3 is 9.84 Å². The molecule has 0 aliphatic rings. The summed E-state index contributed by atoms with van der Waals surface area (Å²) in [4.78, 5) is 0. The summed E-state index contributed by atoms with van der Waals surface area (Å²) >= 11 is 3.00. The number of benzene rings is 2. The molecule has 0 saturated carbocycles. The van der Waals surface area contributed by atoms with E-state index in [0.29, 0.717) is 0 Å². The third kappa shape index (κ3) is 3.39. The maximum Gasteiger partial charge on any atom is 0.141 e. The monoisotopic (exact) mass is 360 g/mol. The van der Waals surface area contributed by atoms with Gasteiger partial charge in [-0.2, -0.15) is 0 Å². The van der Waals surface area contributed by atoms with Crippen LogP contribution in [0.5, 0.6) is 5.75 Å². The Labute approximate surface area is 128 Å². The second-order valence-corrected chi connectivity index (χ2v) is 5.28. The molecule has 2 nitrogen and oxygen atoms in total. The summed E-state index contributed by atoms with van der Waals surface area (Å²) in [5.74, 6) is -1.93. The van der Waals surface area contributed by atoms with Crippen molar-refractivity contribution in [3.63, 3.8) is 0 Å². The van der Waals surface area contributed by atoms with Crippen LogP contribution in [0, 0.1) is 17.5 Å². The van der Waals surface area contributed by atoms with Crippen LogP contribution in [0.15, 0.2) is 34.8 Å². The molecule has 0 amide bonds. The van der Waals surface area contributed by atoms with E-state index in [0.717, 1.165) is 18.2 Å². The van der Waals surface area contributed by atoms with Crippen molar-refractivity contribution >= 4 is 15.9 Å². The molecule has 0 heterocycles. The Hall–Kier alpha value is -1.53. The minimum Gasteiger partial charge on any atom is -0.496 e. The van der Waals surface area contributed by atoms with Crippen LogP contribution in [0.1, 0.15) is 17.2 Å². The molecule has 0 fully saturated rings. The lowest BCUT2D eigenvalue weighted by atomic mass is 9.99. The molecule has 0 radical (unpaired) electrons. The minimum atomic E-state index is -1.23. The topological polar surface area (TPSA) is 29.5 Å². The highest BCUT2D eigenvalue weighted by molar-refractivity contribution is 9.10. The molecule has 2 aromatic rings. The molecule has 0 bridgehead atoms. The van der Waals surface area contributed by atoms with Gasteiger partial charge in [0, 0.05) is 23.6 Å². The Balaban J connectivity index is 2.37. The third-order valence-corrected chi connectivity index (χ3v) is 3.70. The molecule has 21 heavy (non-hydrogen) atoms. The minimum absolute atomic E-state index is 0.111. The summed E-state index contributed by atoms with van der Waals surface area (Å²) in [6.07, 6.45) is -1.52. The molecule has 6 heteroatoms. The van der Waals surface area contributed by atoms with Crippen LogP contribution in [-0.2, 0) is 6.42 Å². The standard InChI is InChI=1S/C15H12BrF3O2/c1-21-15-7-13(19)10(16)5-9(15)14(20)6-8-11(17)3-2-4-12(8)18/h2-5,7,14,20H,6H2,1H3. The van der Waals surface area contributed by atoms with E-state index in [9.17, 15) is 18.3 Å². The fraction of sp³-hybridized carbons (Fsp3) is 0.200. The molecular weight excluding hydrogens is 349 g/mol. The summed E-state index contributed by atoms with van der Waals surface area (Å²) in [7, 11) is 1.32. The maximum absolute atomic E-state index is 13.6. The van der Waals surface area contributed by atoms with Crippen LogP contribution in [-0.4, -0.2) is 12.2 Å². The predicted molar refractivity (Wildman–Crippen MR) is 75.7 cm³/mol. The van der Waals surface area contributed by atoms with Gasteiger partial charge in [-0.15, -0.1) is 0 Å². The number of methoxy groups -OCH3 is 1. The molecule has 0 spiro atoms. The molecule has 1 N–H and O–H groups in total. The molecular formula is C15H12BrF3O2. The molecule has 0 aromatic heterocycles. The van der Waals surface area contributed by atoms with E-state index in [4.69, 9.17) is 4.74 Å². The van der Waals surface area contributed by atoms with E-state index >= 15 is 0 Å². The van der Waals surface area contributed by atoms with E-state index in [-0.39, 0.29) is 27.8 Å². The molecule has 112 valence electrons.